The maximum absolute atomic E-state index is 20.9. The van der Waals surface area contributed by atoms with Gasteiger partial charge in [-0.05, 0) is 147 Å². The lowest BCUT2D eigenvalue weighted by Crippen LogP contribution is -2.65. The van der Waals surface area contributed by atoms with Crippen LogP contribution >= 0.6 is 11.8 Å². The second kappa shape index (κ2) is 26.0. The molecule has 0 spiro atoms. The van der Waals surface area contributed by atoms with Crippen LogP contribution in [-0.4, -0.2) is 13.4 Å². The molecule has 0 saturated heterocycles. The number of rotatable bonds is 13. The second-order valence-corrected chi connectivity index (χ2v) is 28.3. The van der Waals surface area contributed by atoms with Crippen molar-refractivity contribution in [3.8, 4) is 44.5 Å². The van der Waals surface area contributed by atoms with Crippen LogP contribution in [0.25, 0.3) is 44.5 Å². The molecule has 4 heterocycles. The van der Waals surface area contributed by atoms with Gasteiger partial charge in [0.1, 0.15) is 5.82 Å². The Labute approximate surface area is 620 Å². The first kappa shape index (κ1) is 62.6. The number of para-hydroxylation sites is 9. The molecule has 10 heteroatoms. The number of halogens is 2. The van der Waals surface area contributed by atoms with Crippen molar-refractivity contribution >= 4 is 143 Å². The van der Waals surface area contributed by atoms with Crippen molar-refractivity contribution in [1.82, 2.24) is 0 Å². The maximum atomic E-state index is 20.9. The Balaban J connectivity index is 0.904. The zero-order chi connectivity index (χ0) is 70.3. The zero-order valence-electron chi connectivity index (χ0n) is 57.4. The van der Waals surface area contributed by atoms with Crippen LogP contribution in [0.15, 0.2) is 392 Å². The minimum Gasteiger partial charge on any atom is -0.311 e. The van der Waals surface area contributed by atoms with E-state index in [-0.39, 0.29) is 5.69 Å². The Morgan fingerprint density at radius 3 is 1.15 bits per heavy atom. The van der Waals surface area contributed by atoms with Crippen molar-refractivity contribution in [2.75, 3.05) is 24.5 Å². The Morgan fingerprint density at radius 1 is 0.264 bits per heavy atom. The van der Waals surface area contributed by atoms with E-state index in [4.69, 9.17) is 0 Å². The molecular weight excluding hydrogens is 1310 g/mol. The molecule has 5 nitrogen and oxygen atoms in total. The highest BCUT2D eigenvalue weighted by Crippen LogP contribution is 2.56. The molecule has 0 saturated carbocycles. The molecule has 16 aromatic carbocycles. The molecule has 0 fully saturated rings. The van der Waals surface area contributed by atoms with Gasteiger partial charge in [-0.15, -0.1) is 0 Å². The number of fused-ring (bicyclic) bond motifs is 8. The fourth-order valence-electron chi connectivity index (χ4n) is 17.0. The number of nitrogens with zero attached hydrogens (tertiary/aromatic N) is 5. The smallest absolute Gasteiger partial charge is 0.252 e. The van der Waals surface area contributed by atoms with E-state index in [0.717, 1.165) is 150 Å². The maximum Gasteiger partial charge on any atom is 0.252 e. The van der Waals surface area contributed by atoms with Gasteiger partial charge in [0.05, 0.1) is 28.4 Å². The third kappa shape index (κ3) is 10.2. The molecule has 0 N–H and O–H groups in total. The highest BCUT2D eigenvalue weighted by Gasteiger charge is 2.50. The molecule has 20 rings (SSSR count). The normalized spacial score (nSPS) is 12.7. The first-order chi connectivity index (χ1) is 52.5. The van der Waals surface area contributed by atoms with Gasteiger partial charge < -0.3 is 24.5 Å². The van der Waals surface area contributed by atoms with Crippen LogP contribution in [0.4, 0.5) is 94.1 Å². The molecule has 0 aromatic heterocycles. The summed E-state index contributed by atoms with van der Waals surface area (Å²) in [6.45, 7) is -1.05. The van der Waals surface area contributed by atoms with Crippen molar-refractivity contribution < 1.29 is 8.78 Å². The van der Waals surface area contributed by atoms with E-state index in [1.807, 2.05) is 29.2 Å². The Kier molecular flexibility index (Phi) is 15.3. The molecule has 498 valence electrons. The van der Waals surface area contributed by atoms with Crippen molar-refractivity contribution in [1.29, 1.82) is 0 Å². The summed E-state index contributed by atoms with van der Waals surface area (Å²) >= 11 is 1.47. The summed E-state index contributed by atoms with van der Waals surface area (Å²) in [7, 11) is 0. The molecule has 4 aliphatic rings. The number of anilines is 15. The summed E-state index contributed by atoms with van der Waals surface area (Å²) in [6.07, 6.45) is 0. The third-order valence-electron chi connectivity index (χ3n) is 21.3. The van der Waals surface area contributed by atoms with E-state index < -0.39 is 25.1 Å². The molecule has 106 heavy (non-hydrogen) atoms. The van der Waals surface area contributed by atoms with Gasteiger partial charge in [0, 0.05) is 88.9 Å². The van der Waals surface area contributed by atoms with Crippen LogP contribution in [0.5, 0.6) is 0 Å². The summed E-state index contributed by atoms with van der Waals surface area (Å²) < 4.78 is 38.8. The first-order valence-electron chi connectivity index (χ1n) is 36.0. The second-order valence-electron chi connectivity index (χ2n) is 27.2. The SMILES string of the molecule is Fc1ccccc1N1c2cc(N(c3ccccc3)c3ccccc3)cc3c2B(c2ccccc2N3c2ccccc2)c2cc3c(c(F)c21)Sc1cc(N(c2ccccc2)c2c(-c4ccccc4)cccc2-c2ccccc2)cc2c1B3c1ccccc1N2c1c(-c2ccccc2)cccc1-c1ccccc1. The predicted octanol–water partition coefficient (Wildman–Crippen LogP) is 22.4. The van der Waals surface area contributed by atoms with E-state index in [1.54, 1.807) is 12.1 Å². The highest BCUT2D eigenvalue weighted by molar-refractivity contribution is 8.00. The molecule has 4 aliphatic heterocycles. The molecular formula is C96H63B2F2N5S. The van der Waals surface area contributed by atoms with Crippen LogP contribution in [0.2, 0.25) is 0 Å². The summed E-state index contributed by atoms with van der Waals surface area (Å²) in [4.78, 5) is 12.8. The number of hydrogen-bond acceptors (Lipinski definition) is 6. The van der Waals surface area contributed by atoms with E-state index in [0.29, 0.717) is 16.3 Å². The topological polar surface area (TPSA) is 16.2 Å². The number of hydrogen-bond donors (Lipinski definition) is 0. The van der Waals surface area contributed by atoms with Crippen LogP contribution in [0, 0.1) is 11.6 Å². The standard InChI is InChI=1S/C96H63B2F2N5S/c99-82-55-27-30-58-85(82)105-87-60-72(101(68-41-17-5-18-42-68)69-43-19-6-20-44-69)59-86-90(87)97(78-53-25-28-56-83(78)103(86)71-47-23-8-24-48-71)80-63-81-96(92(100)95(80)105)106-89-62-73(102(70-45-21-7-22-46-70)93-74(64-33-9-1-10-34-64)49-31-50-75(93)65-35-11-2-12-36-65)61-88-91(89)98(81)79-54-26-29-57-84(79)104(88)94-76(66-37-13-3-14-38-66)51-32-52-77(94)67-39-15-4-16-40-67/h1-63H. The molecule has 16 aromatic rings. The van der Waals surface area contributed by atoms with Gasteiger partial charge >= 0.3 is 0 Å². The van der Waals surface area contributed by atoms with Gasteiger partial charge in [0.15, 0.2) is 5.82 Å². The lowest BCUT2D eigenvalue weighted by molar-refractivity contribution is 0.603. The highest BCUT2D eigenvalue weighted by atomic mass is 32.2. The molecule has 0 unspecified atom stereocenters. The summed E-state index contributed by atoms with van der Waals surface area (Å²) in [5.41, 5.74) is 26.5. The van der Waals surface area contributed by atoms with Gasteiger partial charge in [-0.3, -0.25) is 0 Å². The molecule has 0 amide bonds. The van der Waals surface area contributed by atoms with Crippen molar-refractivity contribution in [3.05, 3.63) is 394 Å². The summed E-state index contributed by atoms with van der Waals surface area (Å²) in [5.74, 6) is -0.906. The minimum atomic E-state index is -0.535. The average molecular weight is 1380 g/mol. The molecule has 0 radical (unpaired) electrons. The fraction of sp³-hybridized carbons (Fsp3) is 0. The van der Waals surface area contributed by atoms with Crippen molar-refractivity contribution in [3.63, 3.8) is 0 Å². The third-order valence-corrected chi connectivity index (χ3v) is 22.5. The lowest BCUT2D eigenvalue weighted by Gasteiger charge is -2.46. The fourth-order valence-corrected chi connectivity index (χ4v) is 18.2. The monoisotopic (exact) mass is 1380 g/mol. The molecule has 0 bridgehead atoms. The quantitative estimate of drug-likeness (QED) is 0.106. The van der Waals surface area contributed by atoms with Crippen LogP contribution in [-0.2, 0) is 0 Å². The van der Waals surface area contributed by atoms with Gasteiger partial charge in [-0.2, -0.15) is 0 Å². The summed E-state index contributed by atoms with van der Waals surface area (Å²) in [6, 6.07) is 134. The largest absolute Gasteiger partial charge is 0.311 e. The van der Waals surface area contributed by atoms with E-state index in [2.05, 4.69) is 359 Å². The van der Waals surface area contributed by atoms with Crippen LogP contribution in [0.3, 0.4) is 0 Å². The van der Waals surface area contributed by atoms with Gasteiger partial charge in [-0.1, -0.05) is 302 Å². The van der Waals surface area contributed by atoms with Crippen molar-refractivity contribution in [2.24, 2.45) is 0 Å². The van der Waals surface area contributed by atoms with Gasteiger partial charge in [0.2, 0.25) is 6.71 Å². The van der Waals surface area contributed by atoms with E-state index >= 15 is 8.78 Å². The number of benzene rings is 16. The lowest BCUT2D eigenvalue weighted by atomic mass is 9.31. The van der Waals surface area contributed by atoms with Gasteiger partial charge in [0.25, 0.3) is 6.71 Å². The Morgan fingerprint density at radius 2 is 0.642 bits per heavy atom. The minimum absolute atomic E-state index is 0.233. The zero-order valence-corrected chi connectivity index (χ0v) is 58.2. The summed E-state index contributed by atoms with van der Waals surface area (Å²) in [5, 5.41) is 0. The van der Waals surface area contributed by atoms with Gasteiger partial charge in [-0.25, -0.2) is 8.78 Å². The molecule has 0 aliphatic carbocycles. The van der Waals surface area contributed by atoms with E-state index in [1.165, 1.54) is 17.8 Å². The Hall–Kier alpha value is -13.1. The first-order valence-corrected chi connectivity index (χ1v) is 36.8. The van der Waals surface area contributed by atoms with Crippen LogP contribution in [0.1, 0.15) is 0 Å². The van der Waals surface area contributed by atoms with E-state index in [9.17, 15) is 0 Å². The van der Waals surface area contributed by atoms with Crippen LogP contribution < -0.4 is 57.3 Å². The molecule has 0 atom stereocenters. The average Bonchev–Trinajstić information content (AvgIpc) is 0.684. The Bertz CT molecular complexity index is 5910. The van der Waals surface area contributed by atoms with Crippen molar-refractivity contribution in [2.45, 2.75) is 9.79 Å². The predicted molar refractivity (Wildman–Crippen MR) is 441 cm³/mol.